The number of aliphatic carboxylic acids is 1. The smallest absolute Gasteiger partial charge is 0.305 e. The van der Waals surface area contributed by atoms with Gasteiger partial charge in [0, 0.05) is 23.0 Å². The largest absolute Gasteiger partial charge is 0.493 e. The van der Waals surface area contributed by atoms with Crippen LogP contribution in [0.25, 0.3) is 0 Å². The molecule has 0 amide bonds. The Kier molecular flexibility index (Phi) is 3.03. The van der Waals surface area contributed by atoms with E-state index in [4.69, 9.17) is 27.2 Å². The van der Waals surface area contributed by atoms with Crippen LogP contribution in [0.15, 0.2) is 12.1 Å². The van der Waals surface area contributed by atoms with Crippen LogP contribution in [0.3, 0.4) is 0 Å². The van der Waals surface area contributed by atoms with E-state index >= 15 is 0 Å². The Bertz CT molecular complexity index is 433. The molecule has 2 rings (SSSR count). The SMILES string of the molecule is NC(CC(=O)O)c1c(Cl)ccc2c1CCO2. The van der Waals surface area contributed by atoms with Gasteiger partial charge >= 0.3 is 5.97 Å². The van der Waals surface area contributed by atoms with E-state index in [0.29, 0.717) is 17.2 Å². The van der Waals surface area contributed by atoms with Gasteiger partial charge in [-0.2, -0.15) is 0 Å². The minimum Gasteiger partial charge on any atom is -0.493 e. The van der Waals surface area contributed by atoms with Gasteiger partial charge in [0.25, 0.3) is 0 Å². The first-order chi connectivity index (χ1) is 7.59. The number of rotatable bonds is 3. The Hall–Kier alpha value is -1.26. The van der Waals surface area contributed by atoms with E-state index in [1.807, 2.05) is 0 Å². The van der Waals surface area contributed by atoms with Crippen molar-refractivity contribution in [2.24, 2.45) is 5.73 Å². The second-order valence-corrected chi connectivity index (χ2v) is 4.15. The van der Waals surface area contributed by atoms with Gasteiger partial charge in [-0.1, -0.05) is 11.6 Å². The van der Waals surface area contributed by atoms with Crippen molar-refractivity contribution in [2.75, 3.05) is 6.61 Å². The van der Waals surface area contributed by atoms with Crippen LogP contribution in [-0.2, 0) is 11.2 Å². The highest BCUT2D eigenvalue weighted by molar-refractivity contribution is 6.31. The van der Waals surface area contributed by atoms with Gasteiger partial charge in [-0.25, -0.2) is 0 Å². The maximum absolute atomic E-state index is 10.6. The first kappa shape index (κ1) is 11.2. The average molecular weight is 242 g/mol. The zero-order valence-electron chi connectivity index (χ0n) is 8.57. The topological polar surface area (TPSA) is 72.6 Å². The maximum atomic E-state index is 10.6. The molecule has 0 aliphatic carbocycles. The molecule has 1 aliphatic heterocycles. The molecular weight excluding hydrogens is 230 g/mol. The molecule has 0 aromatic heterocycles. The lowest BCUT2D eigenvalue weighted by Crippen LogP contribution is -2.17. The third kappa shape index (κ3) is 1.99. The van der Waals surface area contributed by atoms with Gasteiger partial charge in [0.1, 0.15) is 5.75 Å². The molecular formula is C11H12ClNO3. The Balaban J connectivity index is 2.39. The summed E-state index contributed by atoms with van der Waals surface area (Å²) in [5.74, 6) is -0.166. The van der Waals surface area contributed by atoms with Crippen LogP contribution in [-0.4, -0.2) is 17.7 Å². The second kappa shape index (κ2) is 4.31. The lowest BCUT2D eigenvalue weighted by Gasteiger charge is -2.15. The first-order valence-electron chi connectivity index (χ1n) is 5.01. The summed E-state index contributed by atoms with van der Waals surface area (Å²) in [6.45, 7) is 0.600. The van der Waals surface area contributed by atoms with Crippen molar-refractivity contribution in [1.82, 2.24) is 0 Å². The van der Waals surface area contributed by atoms with Crippen LogP contribution in [0.2, 0.25) is 5.02 Å². The van der Waals surface area contributed by atoms with Gasteiger partial charge in [-0.15, -0.1) is 0 Å². The van der Waals surface area contributed by atoms with Gasteiger partial charge in [-0.3, -0.25) is 4.79 Å². The third-order valence-corrected chi connectivity index (χ3v) is 2.97. The summed E-state index contributed by atoms with van der Waals surface area (Å²) < 4.78 is 5.39. The summed E-state index contributed by atoms with van der Waals surface area (Å²) >= 11 is 6.06. The molecule has 1 aliphatic rings. The van der Waals surface area contributed by atoms with Crippen molar-refractivity contribution in [3.63, 3.8) is 0 Å². The molecule has 0 radical (unpaired) electrons. The van der Waals surface area contributed by atoms with Crippen LogP contribution in [0.5, 0.6) is 5.75 Å². The highest BCUT2D eigenvalue weighted by Crippen LogP contribution is 2.36. The molecule has 86 valence electrons. The standard InChI is InChI=1S/C11H12ClNO3/c12-7-1-2-9-6(3-4-16-9)11(7)8(13)5-10(14)15/h1-2,8H,3-5,13H2,(H,14,15). The Morgan fingerprint density at radius 1 is 1.62 bits per heavy atom. The minimum absolute atomic E-state index is 0.129. The van der Waals surface area contributed by atoms with Crippen molar-refractivity contribution >= 4 is 17.6 Å². The van der Waals surface area contributed by atoms with E-state index in [1.165, 1.54) is 0 Å². The highest BCUT2D eigenvalue weighted by Gasteiger charge is 2.23. The summed E-state index contributed by atoms with van der Waals surface area (Å²) in [7, 11) is 0. The Morgan fingerprint density at radius 3 is 3.06 bits per heavy atom. The number of benzene rings is 1. The van der Waals surface area contributed by atoms with Crippen LogP contribution >= 0.6 is 11.6 Å². The fraction of sp³-hybridized carbons (Fsp3) is 0.364. The average Bonchev–Trinajstić information content (AvgIpc) is 2.63. The molecule has 1 aromatic carbocycles. The van der Waals surface area contributed by atoms with Gasteiger partial charge < -0.3 is 15.6 Å². The molecule has 1 heterocycles. The summed E-state index contributed by atoms with van der Waals surface area (Å²) in [6, 6.07) is 2.91. The zero-order chi connectivity index (χ0) is 11.7. The number of carboxylic acid groups (broad SMARTS) is 1. The van der Waals surface area contributed by atoms with Gasteiger partial charge in [0.15, 0.2) is 0 Å². The number of halogens is 1. The lowest BCUT2D eigenvalue weighted by atomic mass is 9.97. The monoisotopic (exact) mass is 241 g/mol. The molecule has 0 saturated carbocycles. The first-order valence-corrected chi connectivity index (χ1v) is 5.39. The van der Waals surface area contributed by atoms with Crippen LogP contribution in [0, 0.1) is 0 Å². The summed E-state index contributed by atoms with van der Waals surface area (Å²) in [5, 5.41) is 9.24. The maximum Gasteiger partial charge on any atom is 0.305 e. The number of nitrogens with two attached hydrogens (primary N) is 1. The summed E-state index contributed by atoms with van der Waals surface area (Å²) in [4.78, 5) is 10.6. The fourth-order valence-electron chi connectivity index (χ4n) is 1.96. The molecule has 0 spiro atoms. The third-order valence-electron chi connectivity index (χ3n) is 2.64. The normalized spacial score (nSPS) is 15.4. The number of hydrogen-bond donors (Lipinski definition) is 2. The molecule has 1 atom stereocenters. The number of carboxylic acids is 1. The van der Waals surface area contributed by atoms with Crippen molar-refractivity contribution in [3.05, 3.63) is 28.3 Å². The molecule has 0 bridgehead atoms. The van der Waals surface area contributed by atoms with E-state index in [-0.39, 0.29) is 6.42 Å². The summed E-state index contributed by atoms with van der Waals surface area (Å²) in [5.41, 5.74) is 7.50. The second-order valence-electron chi connectivity index (χ2n) is 3.74. The fourth-order valence-corrected chi connectivity index (χ4v) is 2.28. The Labute approximate surface area is 98.0 Å². The van der Waals surface area contributed by atoms with Gasteiger partial charge in [0.2, 0.25) is 0 Å². The number of hydrogen-bond acceptors (Lipinski definition) is 3. The molecule has 1 aromatic rings. The molecule has 5 heteroatoms. The predicted molar refractivity (Wildman–Crippen MR) is 59.8 cm³/mol. The van der Waals surface area contributed by atoms with E-state index in [0.717, 1.165) is 17.7 Å². The van der Waals surface area contributed by atoms with Crippen molar-refractivity contribution in [3.8, 4) is 5.75 Å². The molecule has 0 saturated heterocycles. The van der Waals surface area contributed by atoms with E-state index < -0.39 is 12.0 Å². The van der Waals surface area contributed by atoms with Crippen LogP contribution in [0.4, 0.5) is 0 Å². The number of carbonyl (C=O) groups is 1. The zero-order valence-corrected chi connectivity index (χ0v) is 9.33. The highest BCUT2D eigenvalue weighted by atomic mass is 35.5. The predicted octanol–water partition coefficient (Wildman–Crippen LogP) is 1.75. The van der Waals surface area contributed by atoms with Gasteiger partial charge in [0.05, 0.1) is 13.0 Å². The lowest BCUT2D eigenvalue weighted by molar-refractivity contribution is -0.137. The van der Waals surface area contributed by atoms with Gasteiger partial charge in [-0.05, 0) is 17.7 Å². The molecule has 1 unspecified atom stereocenters. The van der Waals surface area contributed by atoms with Crippen molar-refractivity contribution in [1.29, 1.82) is 0 Å². The quantitative estimate of drug-likeness (QED) is 0.846. The minimum atomic E-state index is -0.930. The molecule has 16 heavy (non-hydrogen) atoms. The van der Waals surface area contributed by atoms with E-state index in [2.05, 4.69) is 0 Å². The number of fused-ring (bicyclic) bond motifs is 1. The van der Waals surface area contributed by atoms with Crippen molar-refractivity contribution < 1.29 is 14.6 Å². The molecule has 0 fully saturated rings. The van der Waals surface area contributed by atoms with Crippen LogP contribution < -0.4 is 10.5 Å². The van der Waals surface area contributed by atoms with Crippen molar-refractivity contribution in [2.45, 2.75) is 18.9 Å². The van der Waals surface area contributed by atoms with Crippen LogP contribution in [0.1, 0.15) is 23.6 Å². The van der Waals surface area contributed by atoms with E-state index in [9.17, 15) is 4.79 Å². The molecule has 3 N–H and O–H groups in total. The number of ether oxygens (including phenoxy) is 1. The van der Waals surface area contributed by atoms with E-state index in [1.54, 1.807) is 12.1 Å². The Morgan fingerprint density at radius 2 is 2.38 bits per heavy atom. The summed E-state index contributed by atoms with van der Waals surface area (Å²) in [6.07, 6.45) is 0.606. The molecule has 4 nitrogen and oxygen atoms in total.